The number of aromatic nitrogens is 2. The SMILES string of the molecule is Nc1cc(N(CCO)CC(F)F)nc(N)n1. The summed E-state index contributed by atoms with van der Waals surface area (Å²) in [5, 5.41) is 8.76. The highest BCUT2D eigenvalue weighted by atomic mass is 19.3. The molecule has 8 heteroatoms. The first-order valence-electron chi connectivity index (χ1n) is 4.57. The number of nitrogen functional groups attached to an aromatic ring is 2. The molecule has 0 fully saturated rings. The Balaban J connectivity index is 2.90. The van der Waals surface area contributed by atoms with Crippen molar-refractivity contribution in [3.8, 4) is 0 Å². The average Bonchev–Trinajstić information content (AvgIpc) is 2.14. The van der Waals surface area contributed by atoms with Gasteiger partial charge in [-0.1, -0.05) is 0 Å². The lowest BCUT2D eigenvalue weighted by atomic mass is 10.4. The van der Waals surface area contributed by atoms with Crippen LogP contribution >= 0.6 is 0 Å². The smallest absolute Gasteiger partial charge is 0.255 e. The largest absolute Gasteiger partial charge is 0.395 e. The minimum atomic E-state index is -2.54. The molecule has 0 bridgehead atoms. The second-order valence-electron chi connectivity index (χ2n) is 3.07. The first kappa shape index (κ1) is 12.4. The van der Waals surface area contributed by atoms with E-state index in [-0.39, 0.29) is 30.7 Å². The van der Waals surface area contributed by atoms with Crippen LogP contribution in [0.2, 0.25) is 0 Å². The molecule has 1 aromatic heterocycles. The van der Waals surface area contributed by atoms with Gasteiger partial charge >= 0.3 is 0 Å². The number of hydrogen-bond acceptors (Lipinski definition) is 6. The Kier molecular flexibility index (Phi) is 4.18. The summed E-state index contributed by atoms with van der Waals surface area (Å²) >= 11 is 0. The van der Waals surface area contributed by atoms with Crippen molar-refractivity contribution in [1.29, 1.82) is 0 Å². The normalized spacial score (nSPS) is 10.8. The van der Waals surface area contributed by atoms with E-state index in [0.717, 1.165) is 0 Å². The number of aliphatic hydroxyl groups is 1. The quantitative estimate of drug-likeness (QED) is 0.645. The van der Waals surface area contributed by atoms with E-state index >= 15 is 0 Å². The number of halogens is 2. The molecule has 6 nitrogen and oxygen atoms in total. The molecule has 16 heavy (non-hydrogen) atoms. The Bertz CT molecular complexity index is 329. The second kappa shape index (κ2) is 5.40. The Hall–Kier alpha value is -1.70. The van der Waals surface area contributed by atoms with Crippen molar-refractivity contribution in [1.82, 2.24) is 9.97 Å². The van der Waals surface area contributed by atoms with E-state index in [2.05, 4.69) is 9.97 Å². The van der Waals surface area contributed by atoms with E-state index in [4.69, 9.17) is 16.6 Å². The zero-order chi connectivity index (χ0) is 12.1. The summed E-state index contributed by atoms with van der Waals surface area (Å²) in [5.74, 6) is 0.186. The lowest BCUT2D eigenvalue weighted by molar-refractivity contribution is 0.152. The molecule has 0 saturated carbocycles. The topological polar surface area (TPSA) is 101 Å². The first-order valence-corrected chi connectivity index (χ1v) is 4.57. The Morgan fingerprint density at radius 2 is 2.06 bits per heavy atom. The van der Waals surface area contributed by atoms with Crippen molar-refractivity contribution in [2.75, 3.05) is 36.1 Å². The van der Waals surface area contributed by atoms with Gasteiger partial charge < -0.3 is 21.5 Å². The van der Waals surface area contributed by atoms with E-state index in [9.17, 15) is 8.78 Å². The van der Waals surface area contributed by atoms with Crippen LogP contribution < -0.4 is 16.4 Å². The highest BCUT2D eigenvalue weighted by Crippen LogP contribution is 2.15. The van der Waals surface area contributed by atoms with Gasteiger partial charge in [0.1, 0.15) is 11.6 Å². The summed E-state index contributed by atoms with van der Waals surface area (Å²) in [5.41, 5.74) is 10.8. The highest BCUT2D eigenvalue weighted by Gasteiger charge is 2.14. The maximum Gasteiger partial charge on any atom is 0.255 e. The van der Waals surface area contributed by atoms with Gasteiger partial charge in [0.05, 0.1) is 13.2 Å². The van der Waals surface area contributed by atoms with Gasteiger partial charge in [0, 0.05) is 12.6 Å². The zero-order valence-electron chi connectivity index (χ0n) is 8.48. The predicted octanol–water partition coefficient (Wildman–Crippen LogP) is -0.295. The summed E-state index contributed by atoms with van der Waals surface area (Å²) in [4.78, 5) is 8.59. The lowest BCUT2D eigenvalue weighted by Crippen LogP contribution is -2.32. The zero-order valence-corrected chi connectivity index (χ0v) is 8.48. The fraction of sp³-hybridized carbons (Fsp3) is 0.500. The number of rotatable bonds is 5. The van der Waals surface area contributed by atoms with Gasteiger partial charge in [0.2, 0.25) is 5.95 Å². The predicted molar refractivity (Wildman–Crippen MR) is 56.2 cm³/mol. The first-order chi connectivity index (χ1) is 7.52. The molecule has 1 heterocycles. The van der Waals surface area contributed by atoms with Crippen molar-refractivity contribution in [3.63, 3.8) is 0 Å². The molecule has 0 atom stereocenters. The Morgan fingerprint density at radius 1 is 1.38 bits per heavy atom. The Labute approximate surface area is 90.9 Å². The number of alkyl halides is 2. The van der Waals surface area contributed by atoms with Gasteiger partial charge in [-0.05, 0) is 0 Å². The van der Waals surface area contributed by atoms with E-state index in [1.165, 1.54) is 11.0 Å². The molecule has 1 rings (SSSR count). The fourth-order valence-corrected chi connectivity index (χ4v) is 1.22. The van der Waals surface area contributed by atoms with Crippen LogP contribution in [0, 0.1) is 0 Å². The fourth-order valence-electron chi connectivity index (χ4n) is 1.22. The second-order valence-corrected chi connectivity index (χ2v) is 3.07. The molecule has 0 aromatic carbocycles. The van der Waals surface area contributed by atoms with Gasteiger partial charge in [-0.15, -0.1) is 0 Å². The van der Waals surface area contributed by atoms with Crippen LogP contribution in [0.5, 0.6) is 0 Å². The molecule has 0 unspecified atom stereocenters. The summed E-state index contributed by atoms with van der Waals surface area (Å²) in [7, 11) is 0. The standard InChI is InChI=1S/C8H13F2N5O/c9-5(10)4-15(1-2-16)7-3-6(11)13-8(12)14-7/h3,5,16H,1-2,4H2,(H4,11,12,13,14). The van der Waals surface area contributed by atoms with Crippen molar-refractivity contribution in [2.45, 2.75) is 6.43 Å². The molecule has 0 aliphatic rings. The van der Waals surface area contributed by atoms with E-state index < -0.39 is 13.0 Å². The molecule has 0 spiro atoms. The van der Waals surface area contributed by atoms with Crippen molar-refractivity contribution < 1.29 is 13.9 Å². The third kappa shape index (κ3) is 3.46. The minimum Gasteiger partial charge on any atom is -0.395 e. The van der Waals surface area contributed by atoms with Crippen LogP contribution in [0.15, 0.2) is 6.07 Å². The van der Waals surface area contributed by atoms with Gasteiger partial charge in [0.15, 0.2) is 0 Å². The van der Waals surface area contributed by atoms with Crippen LogP contribution in [0.1, 0.15) is 0 Å². The van der Waals surface area contributed by atoms with Gasteiger partial charge in [-0.2, -0.15) is 9.97 Å². The molecule has 90 valence electrons. The maximum absolute atomic E-state index is 12.3. The Morgan fingerprint density at radius 3 is 2.56 bits per heavy atom. The van der Waals surface area contributed by atoms with Crippen LogP contribution in [0.25, 0.3) is 0 Å². The van der Waals surface area contributed by atoms with Crippen LogP contribution in [0.3, 0.4) is 0 Å². The van der Waals surface area contributed by atoms with Crippen molar-refractivity contribution in [3.05, 3.63) is 6.07 Å². The molecule has 0 aliphatic carbocycles. The van der Waals surface area contributed by atoms with E-state index in [1.54, 1.807) is 0 Å². The molecule has 0 saturated heterocycles. The molecular formula is C8H13F2N5O. The summed E-state index contributed by atoms with van der Waals surface area (Å²) in [6.07, 6.45) is -2.54. The highest BCUT2D eigenvalue weighted by molar-refractivity contribution is 5.50. The van der Waals surface area contributed by atoms with Gasteiger partial charge in [-0.3, -0.25) is 0 Å². The number of nitrogens with zero attached hydrogens (tertiary/aromatic N) is 3. The minimum absolute atomic E-state index is 0.0280. The van der Waals surface area contributed by atoms with Crippen molar-refractivity contribution >= 4 is 17.6 Å². The molecule has 0 aliphatic heterocycles. The monoisotopic (exact) mass is 233 g/mol. The molecule has 5 N–H and O–H groups in total. The van der Waals surface area contributed by atoms with Crippen molar-refractivity contribution in [2.24, 2.45) is 0 Å². The van der Waals surface area contributed by atoms with Crippen LogP contribution in [-0.2, 0) is 0 Å². The molecule has 0 amide bonds. The maximum atomic E-state index is 12.3. The number of nitrogens with two attached hydrogens (primary N) is 2. The molecular weight excluding hydrogens is 220 g/mol. The number of anilines is 3. The van der Waals surface area contributed by atoms with E-state index in [1.807, 2.05) is 0 Å². The lowest BCUT2D eigenvalue weighted by Gasteiger charge is -2.22. The molecule has 0 radical (unpaired) electrons. The summed E-state index contributed by atoms with van der Waals surface area (Å²) < 4.78 is 24.5. The third-order valence-electron chi connectivity index (χ3n) is 1.80. The van der Waals surface area contributed by atoms with Gasteiger partial charge in [0.25, 0.3) is 6.43 Å². The van der Waals surface area contributed by atoms with E-state index in [0.29, 0.717) is 0 Å². The summed E-state index contributed by atoms with van der Waals surface area (Å²) in [6, 6.07) is 1.33. The summed E-state index contributed by atoms with van der Waals surface area (Å²) in [6.45, 7) is -0.785. The molecule has 1 aromatic rings. The number of hydrogen-bond donors (Lipinski definition) is 3. The average molecular weight is 233 g/mol. The number of aliphatic hydroxyl groups excluding tert-OH is 1. The van der Waals surface area contributed by atoms with Crippen LogP contribution in [0.4, 0.5) is 26.4 Å². The van der Waals surface area contributed by atoms with Crippen LogP contribution in [-0.4, -0.2) is 41.2 Å². The van der Waals surface area contributed by atoms with Gasteiger partial charge in [-0.25, -0.2) is 8.78 Å². The third-order valence-corrected chi connectivity index (χ3v) is 1.80.